The minimum atomic E-state index is -0.270. The van der Waals surface area contributed by atoms with Crippen LogP contribution in [0.15, 0.2) is 0 Å². The van der Waals surface area contributed by atoms with Crippen LogP contribution >= 0.6 is 0 Å². The topological polar surface area (TPSA) is 86.6 Å². The molecule has 0 aromatic carbocycles. The number of methoxy groups -OCH3 is 2. The van der Waals surface area contributed by atoms with E-state index in [2.05, 4.69) is 46.6 Å². The first kappa shape index (κ1) is 35.8. The Bertz CT molecular complexity index is 188. The first-order chi connectivity index (χ1) is 12.0. The third kappa shape index (κ3) is 45.3. The molecule has 160 valence electrons. The summed E-state index contributed by atoms with van der Waals surface area (Å²) in [5, 5.41) is 15.8. The van der Waals surface area contributed by atoms with E-state index in [1.165, 1.54) is 27.1 Å². The predicted octanol–water partition coefficient (Wildman–Crippen LogP) is 2.62. The van der Waals surface area contributed by atoms with Crippen LogP contribution in [-0.4, -0.2) is 64.8 Å². The van der Waals surface area contributed by atoms with Gasteiger partial charge in [0.2, 0.25) is 0 Å². The standard InChI is InChI=1S/C12H24O.2C3H8O3.2Rf/c1-5-7-11(3)9-13-10-12(4)8-6-2;2*1-5-3-6-2-4;;/h11-12H,3-10H2,1-2H3;2*4H,2-3H2,1H3;;/q-2;;;;. The van der Waals surface area contributed by atoms with E-state index < -0.39 is 0 Å². The number of aliphatic hydroxyl groups excluding tert-OH is 2. The van der Waals surface area contributed by atoms with E-state index in [0.29, 0.717) is 11.8 Å². The van der Waals surface area contributed by atoms with Crippen LogP contribution in [-0.2, 0) is 23.7 Å². The summed E-state index contributed by atoms with van der Waals surface area (Å²) in [6.45, 7) is 13.8. The maximum atomic E-state index is 7.90. The van der Waals surface area contributed by atoms with Gasteiger partial charge in [-0.05, 0) is 0 Å². The van der Waals surface area contributed by atoms with Gasteiger partial charge in [0, 0.05) is 27.4 Å². The Kier molecular flexibility index (Phi) is 46.3. The summed E-state index contributed by atoms with van der Waals surface area (Å²) in [5.41, 5.74) is 0. The molecule has 0 spiro atoms. The number of aliphatic hydroxyl groups is 2. The Morgan fingerprint density at radius 3 is 1.22 bits per heavy atom. The maximum Gasteiger partial charge on any atom is 0.149 e. The molecule has 2 unspecified atom stereocenters. The van der Waals surface area contributed by atoms with Crippen molar-refractivity contribution in [3.05, 3.63) is 13.8 Å². The van der Waals surface area contributed by atoms with E-state index in [-0.39, 0.29) is 27.2 Å². The molecule has 27 heavy (non-hydrogen) atoms. The van der Waals surface area contributed by atoms with E-state index in [1.54, 1.807) is 0 Å². The third-order valence-electron chi connectivity index (χ3n) is 2.69. The maximum absolute atomic E-state index is 7.90. The molecule has 0 aliphatic rings. The van der Waals surface area contributed by atoms with Gasteiger partial charge in [-0.15, -0.1) is 11.8 Å². The molecular weight excluding hydrogens is 862 g/mol. The van der Waals surface area contributed by atoms with Gasteiger partial charge in [0.05, 0.1) is 0 Å². The molecule has 0 rings (SSSR count). The van der Waals surface area contributed by atoms with E-state index in [9.17, 15) is 0 Å². The fourth-order valence-corrected chi connectivity index (χ4v) is 1.63. The van der Waals surface area contributed by atoms with Crippen LogP contribution < -0.4 is 0 Å². The smallest absolute Gasteiger partial charge is 0.149 e. The minimum Gasteiger partial charge on any atom is -0.386 e. The molecule has 0 aromatic rings. The minimum absolute atomic E-state index is 0. The molecule has 0 aromatic heterocycles. The van der Waals surface area contributed by atoms with Crippen LogP contribution in [0.5, 0.6) is 0 Å². The van der Waals surface area contributed by atoms with Crippen molar-refractivity contribution in [2.45, 2.75) is 39.5 Å². The van der Waals surface area contributed by atoms with Crippen LogP contribution in [0.25, 0.3) is 0 Å². The molecule has 9 heteroatoms. The zero-order valence-electron chi connectivity index (χ0n) is 18.0. The third-order valence-corrected chi connectivity index (χ3v) is 2.69. The van der Waals surface area contributed by atoms with Crippen LogP contribution in [0.2, 0.25) is 0 Å². The summed E-state index contributed by atoms with van der Waals surface area (Å²) >= 11 is 0. The van der Waals surface area contributed by atoms with E-state index in [0.717, 1.165) is 26.1 Å². The van der Waals surface area contributed by atoms with Crippen molar-refractivity contribution in [2.75, 3.05) is 54.6 Å². The first-order valence-electron chi connectivity index (χ1n) is 8.62. The van der Waals surface area contributed by atoms with Crippen molar-refractivity contribution in [3.8, 4) is 0 Å². The van der Waals surface area contributed by atoms with E-state index >= 15 is 0 Å². The summed E-state index contributed by atoms with van der Waals surface area (Å²) in [7, 11) is 2.99. The van der Waals surface area contributed by atoms with Gasteiger partial charge in [-0.25, -0.2) is 0 Å². The first-order valence-corrected chi connectivity index (χ1v) is 8.62. The van der Waals surface area contributed by atoms with Gasteiger partial charge in [0.1, 0.15) is 27.2 Å². The Hall–Kier alpha value is -2.28. The fourth-order valence-electron chi connectivity index (χ4n) is 1.63. The molecule has 0 saturated heterocycles. The summed E-state index contributed by atoms with van der Waals surface area (Å²) in [6.07, 6.45) is 4.71. The second-order valence-electron chi connectivity index (χ2n) is 5.33. The number of rotatable bonds is 14. The normalized spacial score (nSPS) is 11.6. The monoisotopic (exact) mass is 903 g/mol. The van der Waals surface area contributed by atoms with Crippen molar-refractivity contribution in [1.29, 1.82) is 0 Å². The van der Waals surface area contributed by atoms with Crippen LogP contribution in [0.4, 0.5) is 0 Å². The van der Waals surface area contributed by atoms with Gasteiger partial charge in [-0.1, -0.05) is 39.5 Å². The Balaban J connectivity index is -0.0000000978. The molecule has 2 atom stereocenters. The summed E-state index contributed by atoms with van der Waals surface area (Å²) in [5.74, 6) is 0.914. The van der Waals surface area contributed by atoms with Crippen molar-refractivity contribution >= 4 is 0 Å². The Labute approximate surface area is 154 Å². The van der Waals surface area contributed by atoms with Crippen molar-refractivity contribution < 1.29 is 33.9 Å². The van der Waals surface area contributed by atoms with E-state index in [4.69, 9.17) is 14.9 Å². The molecule has 0 aliphatic carbocycles. The molecule has 7 nitrogen and oxygen atoms in total. The van der Waals surface area contributed by atoms with Gasteiger partial charge in [-0.2, -0.15) is 0 Å². The van der Waals surface area contributed by atoms with Crippen molar-refractivity contribution in [3.63, 3.8) is 0 Å². The average Bonchev–Trinajstić information content (AvgIpc) is 2.59. The summed E-state index contributed by atoms with van der Waals surface area (Å²) < 4.78 is 23.0. The largest absolute Gasteiger partial charge is 0.386 e. The number of ether oxygens (including phenoxy) is 5. The molecule has 0 aliphatic heterocycles. The zero-order chi connectivity index (χ0) is 19.8. The number of hydrogen-bond donors (Lipinski definition) is 2. The molecule has 0 fully saturated rings. The quantitative estimate of drug-likeness (QED) is 0.158. The van der Waals surface area contributed by atoms with Crippen LogP contribution in [0.3, 0.4) is 0 Å². The van der Waals surface area contributed by atoms with Gasteiger partial charge in [0.15, 0.2) is 0 Å². The van der Waals surface area contributed by atoms with Crippen molar-refractivity contribution in [2.24, 2.45) is 11.8 Å². The van der Waals surface area contributed by atoms with Gasteiger partial charge >= 0.3 is 0 Å². The molecule has 0 amide bonds. The summed E-state index contributed by atoms with van der Waals surface area (Å²) in [4.78, 5) is 0. The molecule has 0 saturated carbocycles. The second-order valence-corrected chi connectivity index (χ2v) is 5.33. The average molecular weight is 903 g/mol. The van der Waals surface area contributed by atoms with Crippen LogP contribution in [0.1, 0.15) is 39.5 Å². The SMILES string of the molecule is COCOCO.COCOCO.[CH2-]C(CCC)COCC([CH2-])CCC.[Rf].[Rf]. The Morgan fingerprint density at radius 2 is 1.04 bits per heavy atom. The second kappa shape index (κ2) is 34.9. The predicted molar refractivity (Wildman–Crippen MR) is 98.4 cm³/mol. The fraction of sp³-hybridized carbons (Fsp3) is 0.889. The van der Waals surface area contributed by atoms with Gasteiger partial charge in [0.25, 0.3) is 0 Å². The van der Waals surface area contributed by atoms with Crippen molar-refractivity contribution in [1.82, 2.24) is 0 Å². The Morgan fingerprint density at radius 1 is 0.704 bits per heavy atom. The molecule has 2 N–H and O–H groups in total. The number of hydrogen-bond acceptors (Lipinski definition) is 7. The summed E-state index contributed by atoms with van der Waals surface area (Å²) in [6, 6.07) is 0. The van der Waals surface area contributed by atoms with Gasteiger partial charge in [-0.3, -0.25) is 0 Å². The zero-order valence-corrected chi connectivity index (χ0v) is 30.8. The molecule has 0 heterocycles. The van der Waals surface area contributed by atoms with Gasteiger partial charge < -0.3 is 47.7 Å². The van der Waals surface area contributed by atoms with E-state index in [1.807, 2.05) is 0 Å². The molecule has 0 radical (unpaired) electrons. The molecule has 0 bridgehead atoms. The van der Waals surface area contributed by atoms with Crippen LogP contribution in [0, 0.1) is 25.7 Å². The molecular formula is C18H40O7Rf2-2.